The molecule has 1 saturated heterocycles. The molecule has 1 aliphatic heterocycles. The first-order chi connectivity index (χ1) is 16.4. The number of sulfonamides is 1. The number of ether oxygens (including phenoxy) is 2. The first-order valence-electron chi connectivity index (χ1n) is 11.0. The number of piperidine rings is 1. The number of methoxy groups -OCH3 is 2. The number of nitrogens with one attached hydrogen (secondary N) is 1. The number of carbonyl (C=O) groups is 1. The second-order valence-corrected chi connectivity index (χ2v) is 9.92. The molecule has 9 heteroatoms. The standard InChI is InChI=1S/C25H27N3O5S/c1-32-22-10-9-21(16-23(22)33-2)34(30,31)28-14-12-19(13-15-28)25(29)27-24-11-8-20(17-26-24)18-6-4-3-5-7-18/h3-11,16-17,19H,12-15H2,1-2H3,(H,26,27,29). The maximum Gasteiger partial charge on any atom is 0.243 e. The van der Waals surface area contributed by atoms with Crippen molar-refractivity contribution in [3.8, 4) is 22.6 Å². The predicted molar refractivity (Wildman–Crippen MR) is 129 cm³/mol. The molecule has 0 spiro atoms. The minimum absolute atomic E-state index is 0.135. The molecule has 0 bridgehead atoms. The molecule has 1 aromatic heterocycles. The maximum absolute atomic E-state index is 13.1. The van der Waals surface area contributed by atoms with Crippen molar-refractivity contribution in [2.75, 3.05) is 32.6 Å². The van der Waals surface area contributed by atoms with Crippen LogP contribution in [0.15, 0.2) is 71.8 Å². The molecule has 4 rings (SSSR count). The second kappa shape index (κ2) is 10.2. The van der Waals surface area contributed by atoms with Gasteiger partial charge in [-0.2, -0.15) is 4.31 Å². The van der Waals surface area contributed by atoms with Crippen molar-refractivity contribution < 1.29 is 22.7 Å². The van der Waals surface area contributed by atoms with E-state index in [1.807, 2.05) is 36.4 Å². The quantitative estimate of drug-likeness (QED) is 0.551. The lowest BCUT2D eigenvalue weighted by molar-refractivity contribution is -0.120. The molecule has 0 atom stereocenters. The van der Waals surface area contributed by atoms with Gasteiger partial charge in [0.15, 0.2) is 11.5 Å². The van der Waals surface area contributed by atoms with E-state index in [2.05, 4.69) is 10.3 Å². The maximum atomic E-state index is 13.1. The molecule has 1 aliphatic rings. The van der Waals surface area contributed by atoms with Crippen molar-refractivity contribution in [2.24, 2.45) is 5.92 Å². The third kappa shape index (κ3) is 5.05. The molecule has 0 unspecified atom stereocenters. The largest absolute Gasteiger partial charge is 0.493 e. The highest BCUT2D eigenvalue weighted by molar-refractivity contribution is 7.89. The molecule has 1 N–H and O–H groups in total. The number of pyridine rings is 1. The average Bonchev–Trinajstić information content (AvgIpc) is 2.89. The highest BCUT2D eigenvalue weighted by atomic mass is 32.2. The van der Waals surface area contributed by atoms with Gasteiger partial charge in [0, 0.05) is 36.8 Å². The summed E-state index contributed by atoms with van der Waals surface area (Å²) in [5.74, 6) is 0.853. The van der Waals surface area contributed by atoms with Crippen molar-refractivity contribution in [3.63, 3.8) is 0 Å². The molecule has 0 saturated carbocycles. The Morgan fingerprint density at radius 2 is 1.65 bits per heavy atom. The van der Waals surface area contributed by atoms with E-state index in [9.17, 15) is 13.2 Å². The summed E-state index contributed by atoms with van der Waals surface area (Å²) in [6.07, 6.45) is 2.59. The van der Waals surface area contributed by atoms with E-state index >= 15 is 0 Å². The Hall–Kier alpha value is -3.43. The molecular formula is C25H27N3O5S. The molecule has 8 nitrogen and oxygen atoms in total. The van der Waals surface area contributed by atoms with Gasteiger partial charge in [0.05, 0.1) is 19.1 Å². The van der Waals surface area contributed by atoms with Crippen LogP contribution >= 0.6 is 0 Å². The fourth-order valence-corrected chi connectivity index (χ4v) is 5.47. The number of rotatable bonds is 7. The van der Waals surface area contributed by atoms with E-state index in [-0.39, 0.29) is 29.8 Å². The van der Waals surface area contributed by atoms with Gasteiger partial charge in [-0.25, -0.2) is 13.4 Å². The van der Waals surface area contributed by atoms with Crippen LogP contribution in [0.5, 0.6) is 11.5 Å². The lowest BCUT2D eigenvalue weighted by atomic mass is 9.97. The fourth-order valence-electron chi connectivity index (χ4n) is 3.98. The highest BCUT2D eigenvalue weighted by Crippen LogP contribution is 2.32. The van der Waals surface area contributed by atoms with Crippen LogP contribution in [-0.2, 0) is 14.8 Å². The summed E-state index contributed by atoms with van der Waals surface area (Å²) in [7, 11) is -0.749. The van der Waals surface area contributed by atoms with E-state index in [1.54, 1.807) is 18.3 Å². The number of aromatic nitrogens is 1. The molecule has 0 aliphatic carbocycles. The molecule has 2 aromatic carbocycles. The van der Waals surface area contributed by atoms with Gasteiger partial charge in [0.2, 0.25) is 15.9 Å². The number of nitrogens with zero attached hydrogens (tertiary/aromatic N) is 2. The Labute approximate surface area is 199 Å². The summed E-state index contributed by atoms with van der Waals surface area (Å²) in [6, 6.07) is 18.1. The summed E-state index contributed by atoms with van der Waals surface area (Å²) in [5.41, 5.74) is 2.02. The SMILES string of the molecule is COc1ccc(S(=O)(=O)N2CCC(C(=O)Nc3ccc(-c4ccccc4)cn3)CC2)cc1OC. The van der Waals surface area contributed by atoms with Crippen LogP contribution in [0, 0.1) is 5.92 Å². The Morgan fingerprint density at radius 3 is 2.26 bits per heavy atom. The van der Waals surface area contributed by atoms with Crippen LogP contribution in [0.2, 0.25) is 0 Å². The third-order valence-corrected chi connectivity index (χ3v) is 7.83. The number of hydrogen-bond acceptors (Lipinski definition) is 6. The molecule has 1 amide bonds. The van der Waals surface area contributed by atoms with Crippen molar-refractivity contribution in [1.29, 1.82) is 0 Å². The second-order valence-electron chi connectivity index (χ2n) is 7.98. The van der Waals surface area contributed by atoms with Crippen LogP contribution in [0.25, 0.3) is 11.1 Å². The predicted octanol–water partition coefficient (Wildman–Crippen LogP) is 3.81. The normalized spacial score (nSPS) is 15.0. The van der Waals surface area contributed by atoms with E-state index in [1.165, 1.54) is 30.7 Å². The number of amides is 1. The van der Waals surface area contributed by atoms with Crippen molar-refractivity contribution >= 4 is 21.7 Å². The van der Waals surface area contributed by atoms with Crippen LogP contribution < -0.4 is 14.8 Å². The van der Waals surface area contributed by atoms with Crippen LogP contribution in [0.3, 0.4) is 0 Å². The van der Waals surface area contributed by atoms with Crippen LogP contribution in [0.4, 0.5) is 5.82 Å². The smallest absolute Gasteiger partial charge is 0.243 e. The van der Waals surface area contributed by atoms with E-state index in [4.69, 9.17) is 9.47 Å². The summed E-state index contributed by atoms with van der Waals surface area (Å²) < 4.78 is 38.0. The van der Waals surface area contributed by atoms with Gasteiger partial charge in [-0.1, -0.05) is 30.3 Å². The van der Waals surface area contributed by atoms with Crippen LogP contribution in [0.1, 0.15) is 12.8 Å². The molecule has 2 heterocycles. The van der Waals surface area contributed by atoms with Crippen LogP contribution in [-0.4, -0.2) is 50.9 Å². The summed E-state index contributed by atoms with van der Waals surface area (Å²) in [5, 5.41) is 2.85. The zero-order valence-corrected chi connectivity index (χ0v) is 19.9. The zero-order chi connectivity index (χ0) is 24.1. The fraction of sp³-hybridized carbons (Fsp3) is 0.280. The van der Waals surface area contributed by atoms with Gasteiger partial charge in [-0.15, -0.1) is 0 Å². The first kappa shape index (κ1) is 23.7. The van der Waals surface area contributed by atoms with Crippen molar-refractivity contribution in [2.45, 2.75) is 17.7 Å². The third-order valence-electron chi connectivity index (χ3n) is 5.94. The van der Waals surface area contributed by atoms with E-state index < -0.39 is 10.0 Å². The van der Waals surface area contributed by atoms with Crippen molar-refractivity contribution in [3.05, 3.63) is 66.9 Å². The first-order valence-corrected chi connectivity index (χ1v) is 12.4. The van der Waals surface area contributed by atoms with E-state index in [0.717, 1.165) is 11.1 Å². The summed E-state index contributed by atoms with van der Waals surface area (Å²) in [6.45, 7) is 0.518. The number of benzene rings is 2. The highest BCUT2D eigenvalue weighted by Gasteiger charge is 2.32. The average molecular weight is 482 g/mol. The van der Waals surface area contributed by atoms with Gasteiger partial charge >= 0.3 is 0 Å². The van der Waals surface area contributed by atoms with Gasteiger partial charge in [-0.3, -0.25) is 4.79 Å². The van der Waals surface area contributed by atoms with Gasteiger partial charge in [-0.05, 0) is 42.7 Å². The number of carbonyl (C=O) groups excluding carboxylic acids is 1. The van der Waals surface area contributed by atoms with Gasteiger partial charge in [0.25, 0.3) is 0 Å². The topological polar surface area (TPSA) is 97.8 Å². The molecule has 34 heavy (non-hydrogen) atoms. The molecule has 3 aromatic rings. The zero-order valence-electron chi connectivity index (χ0n) is 19.1. The monoisotopic (exact) mass is 481 g/mol. The van der Waals surface area contributed by atoms with Gasteiger partial charge in [0.1, 0.15) is 5.82 Å². The minimum atomic E-state index is -3.71. The number of anilines is 1. The number of hydrogen-bond donors (Lipinski definition) is 1. The van der Waals surface area contributed by atoms with E-state index in [0.29, 0.717) is 30.2 Å². The summed E-state index contributed by atoms with van der Waals surface area (Å²) in [4.78, 5) is 17.2. The lowest BCUT2D eigenvalue weighted by Gasteiger charge is -2.30. The Balaban J connectivity index is 1.36. The Bertz CT molecular complexity index is 1240. The molecule has 178 valence electrons. The molecular weight excluding hydrogens is 454 g/mol. The molecule has 1 fully saturated rings. The lowest BCUT2D eigenvalue weighted by Crippen LogP contribution is -2.41. The van der Waals surface area contributed by atoms with Crippen molar-refractivity contribution in [1.82, 2.24) is 9.29 Å². The van der Waals surface area contributed by atoms with Gasteiger partial charge < -0.3 is 14.8 Å². The summed E-state index contributed by atoms with van der Waals surface area (Å²) >= 11 is 0. The minimum Gasteiger partial charge on any atom is -0.493 e. The Morgan fingerprint density at radius 1 is 0.941 bits per heavy atom. The Kier molecular flexibility index (Phi) is 7.14. The molecule has 0 radical (unpaired) electrons.